The third kappa shape index (κ3) is 4.07. The summed E-state index contributed by atoms with van der Waals surface area (Å²) in [6.45, 7) is 5.70. The van der Waals surface area contributed by atoms with Crippen LogP contribution >= 0.6 is 0 Å². The second-order valence-electron chi connectivity index (χ2n) is 3.96. The van der Waals surface area contributed by atoms with Crippen LogP contribution in [0.15, 0.2) is 0 Å². The van der Waals surface area contributed by atoms with Gasteiger partial charge in [-0.1, -0.05) is 6.92 Å². The maximum absolute atomic E-state index is 9.03. The van der Waals surface area contributed by atoms with E-state index >= 15 is 0 Å². The third-order valence-electron chi connectivity index (χ3n) is 2.77. The molecule has 0 aromatic heterocycles. The number of nitrogens with one attached hydrogen (secondary N) is 1. The second-order valence-corrected chi connectivity index (χ2v) is 3.96. The van der Waals surface area contributed by atoms with Crippen LogP contribution in [0.5, 0.6) is 0 Å². The largest absolute Gasteiger partial charge is 0.395 e. The molecule has 3 nitrogen and oxygen atoms in total. The quantitative estimate of drug-likeness (QED) is 0.600. The molecule has 0 spiro atoms. The van der Waals surface area contributed by atoms with Crippen molar-refractivity contribution in [1.29, 1.82) is 0 Å². The number of likely N-dealkylation sites (N-methyl/N-ethyl adjacent to an activating group) is 2. The van der Waals surface area contributed by atoms with E-state index in [1.165, 1.54) is 19.4 Å². The topological polar surface area (TPSA) is 35.5 Å². The van der Waals surface area contributed by atoms with Crippen molar-refractivity contribution < 1.29 is 5.11 Å². The third-order valence-corrected chi connectivity index (χ3v) is 2.77. The van der Waals surface area contributed by atoms with Crippen LogP contribution in [0.1, 0.15) is 19.8 Å². The molecular weight excluding hydrogens is 164 g/mol. The van der Waals surface area contributed by atoms with Crippen molar-refractivity contribution in [3.05, 3.63) is 0 Å². The van der Waals surface area contributed by atoms with Gasteiger partial charge in [-0.2, -0.15) is 0 Å². The van der Waals surface area contributed by atoms with Gasteiger partial charge in [0.05, 0.1) is 6.61 Å². The summed E-state index contributed by atoms with van der Waals surface area (Å²) >= 11 is 0. The van der Waals surface area contributed by atoms with Crippen LogP contribution in [0.2, 0.25) is 0 Å². The molecule has 0 aromatic carbocycles. The minimum Gasteiger partial charge on any atom is -0.395 e. The molecule has 0 saturated heterocycles. The Balaban J connectivity index is 2.19. The molecule has 1 atom stereocenters. The Bertz CT molecular complexity index is 133. The van der Waals surface area contributed by atoms with Gasteiger partial charge in [-0.15, -0.1) is 0 Å². The monoisotopic (exact) mass is 186 g/mol. The predicted octanol–water partition coefficient (Wildman–Crippen LogP) is 0.299. The van der Waals surface area contributed by atoms with Gasteiger partial charge in [0.2, 0.25) is 0 Å². The molecular formula is C10H22N2O. The molecule has 1 saturated carbocycles. The Hall–Kier alpha value is -0.120. The molecule has 0 aromatic rings. The lowest BCUT2D eigenvalue weighted by Gasteiger charge is -2.24. The van der Waals surface area contributed by atoms with Crippen LogP contribution in [0, 0.1) is 5.92 Å². The number of aliphatic hydroxyl groups excluding tert-OH is 1. The normalized spacial score (nSPS) is 19.4. The van der Waals surface area contributed by atoms with Crippen LogP contribution in [-0.2, 0) is 0 Å². The van der Waals surface area contributed by atoms with Gasteiger partial charge in [-0.25, -0.2) is 0 Å². The highest BCUT2D eigenvalue weighted by molar-refractivity contribution is 4.79. The van der Waals surface area contributed by atoms with E-state index in [1.54, 1.807) is 0 Å². The van der Waals surface area contributed by atoms with Crippen molar-refractivity contribution in [3.63, 3.8) is 0 Å². The van der Waals surface area contributed by atoms with Crippen LogP contribution in [0.3, 0.4) is 0 Å². The zero-order valence-electron chi connectivity index (χ0n) is 8.79. The highest BCUT2D eigenvalue weighted by atomic mass is 16.3. The summed E-state index contributed by atoms with van der Waals surface area (Å²) in [4.78, 5) is 2.43. The molecule has 1 unspecified atom stereocenters. The number of hydrogen-bond acceptors (Lipinski definition) is 3. The number of nitrogens with zero attached hydrogens (tertiary/aromatic N) is 1. The summed E-state index contributed by atoms with van der Waals surface area (Å²) in [7, 11) is 1.91. The van der Waals surface area contributed by atoms with Crippen molar-refractivity contribution in [1.82, 2.24) is 10.2 Å². The Morgan fingerprint density at radius 2 is 2.23 bits per heavy atom. The van der Waals surface area contributed by atoms with Crippen molar-refractivity contribution in [2.45, 2.75) is 25.8 Å². The van der Waals surface area contributed by atoms with Crippen LogP contribution < -0.4 is 5.32 Å². The van der Waals surface area contributed by atoms with Gasteiger partial charge in [0.1, 0.15) is 0 Å². The molecule has 1 aliphatic rings. The lowest BCUT2D eigenvalue weighted by Crippen LogP contribution is -2.42. The molecule has 2 N–H and O–H groups in total. The first-order chi connectivity index (χ1) is 6.30. The molecule has 1 rings (SSSR count). The molecule has 78 valence electrons. The Morgan fingerprint density at radius 1 is 1.54 bits per heavy atom. The first kappa shape index (κ1) is 11.0. The lowest BCUT2D eigenvalue weighted by atomic mass is 10.2. The Morgan fingerprint density at radius 3 is 2.62 bits per heavy atom. The fraction of sp³-hybridized carbons (Fsp3) is 1.00. The summed E-state index contributed by atoms with van der Waals surface area (Å²) in [5.74, 6) is 0.941. The molecule has 0 aliphatic heterocycles. The van der Waals surface area contributed by atoms with Crippen molar-refractivity contribution in [2.24, 2.45) is 5.92 Å². The van der Waals surface area contributed by atoms with E-state index < -0.39 is 0 Å². The SMILES string of the molecule is CCN(CC1CC1)CC(CO)NC. The van der Waals surface area contributed by atoms with Gasteiger partial charge in [0, 0.05) is 19.1 Å². The van der Waals surface area contributed by atoms with Crippen molar-refractivity contribution in [2.75, 3.05) is 33.3 Å². The lowest BCUT2D eigenvalue weighted by molar-refractivity contribution is 0.186. The zero-order chi connectivity index (χ0) is 9.68. The van der Waals surface area contributed by atoms with Crippen molar-refractivity contribution >= 4 is 0 Å². The van der Waals surface area contributed by atoms with E-state index in [-0.39, 0.29) is 12.6 Å². The molecule has 0 radical (unpaired) electrons. The molecule has 0 heterocycles. The summed E-state index contributed by atoms with van der Waals surface area (Å²) in [5, 5.41) is 12.1. The highest BCUT2D eigenvalue weighted by Gasteiger charge is 2.24. The van der Waals surface area contributed by atoms with E-state index in [0.29, 0.717) is 0 Å². The minimum absolute atomic E-state index is 0.234. The standard InChI is InChI=1S/C10H22N2O/c1-3-12(6-9-4-5-9)7-10(8-13)11-2/h9-11,13H,3-8H2,1-2H3. The van der Waals surface area contributed by atoms with Gasteiger partial charge in [0.15, 0.2) is 0 Å². The Labute approximate surface area is 81.1 Å². The van der Waals surface area contributed by atoms with E-state index in [4.69, 9.17) is 5.11 Å². The van der Waals surface area contributed by atoms with Crippen LogP contribution in [0.4, 0.5) is 0 Å². The van der Waals surface area contributed by atoms with Gasteiger partial charge < -0.3 is 15.3 Å². The number of aliphatic hydroxyl groups is 1. The van der Waals surface area contributed by atoms with E-state index in [1.807, 2.05) is 7.05 Å². The molecule has 1 fully saturated rings. The second kappa shape index (κ2) is 5.58. The predicted molar refractivity (Wildman–Crippen MR) is 54.8 cm³/mol. The number of rotatable bonds is 7. The summed E-state index contributed by atoms with van der Waals surface area (Å²) in [6.07, 6.45) is 2.81. The van der Waals surface area contributed by atoms with Gasteiger partial charge in [-0.3, -0.25) is 0 Å². The smallest absolute Gasteiger partial charge is 0.0597 e. The molecule has 0 amide bonds. The first-order valence-electron chi connectivity index (χ1n) is 5.30. The fourth-order valence-corrected chi connectivity index (χ4v) is 1.55. The minimum atomic E-state index is 0.234. The van der Waals surface area contributed by atoms with E-state index in [0.717, 1.165) is 19.0 Å². The van der Waals surface area contributed by atoms with Gasteiger partial charge in [-0.05, 0) is 32.4 Å². The fourth-order valence-electron chi connectivity index (χ4n) is 1.55. The zero-order valence-corrected chi connectivity index (χ0v) is 8.79. The van der Waals surface area contributed by atoms with E-state index in [2.05, 4.69) is 17.1 Å². The summed E-state index contributed by atoms with van der Waals surface area (Å²) < 4.78 is 0. The average molecular weight is 186 g/mol. The first-order valence-corrected chi connectivity index (χ1v) is 5.30. The average Bonchev–Trinajstić information content (AvgIpc) is 2.95. The van der Waals surface area contributed by atoms with Gasteiger partial charge in [0.25, 0.3) is 0 Å². The molecule has 1 aliphatic carbocycles. The summed E-state index contributed by atoms with van der Waals surface area (Å²) in [6, 6.07) is 0.235. The maximum Gasteiger partial charge on any atom is 0.0597 e. The molecule has 13 heavy (non-hydrogen) atoms. The maximum atomic E-state index is 9.03. The van der Waals surface area contributed by atoms with Crippen molar-refractivity contribution in [3.8, 4) is 0 Å². The Kier molecular flexibility index (Phi) is 4.70. The number of hydrogen-bond donors (Lipinski definition) is 2. The van der Waals surface area contributed by atoms with Crippen LogP contribution in [0.25, 0.3) is 0 Å². The highest BCUT2D eigenvalue weighted by Crippen LogP contribution is 2.29. The molecule has 0 bridgehead atoms. The van der Waals surface area contributed by atoms with Gasteiger partial charge >= 0.3 is 0 Å². The van der Waals surface area contributed by atoms with Crippen LogP contribution in [-0.4, -0.2) is 49.3 Å². The summed E-state index contributed by atoms with van der Waals surface area (Å²) in [5.41, 5.74) is 0. The van der Waals surface area contributed by atoms with E-state index in [9.17, 15) is 0 Å². The molecule has 3 heteroatoms.